The fraction of sp³-hybridized carbons (Fsp3) is 0.389. The Morgan fingerprint density at radius 2 is 2.18 bits per heavy atom. The van der Waals surface area contributed by atoms with E-state index in [-0.39, 0.29) is 0 Å². The first kappa shape index (κ1) is 13.8. The van der Waals surface area contributed by atoms with Crippen LogP contribution in [0.4, 0.5) is 0 Å². The number of benzene rings is 1. The van der Waals surface area contributed by atoms with Gasteiger partial charge in [0.05, 0.1) is 0 Å². The average Bonchev–Trinajstić information content (AvgIpc) is 2.92. The SMILES string of the molecule is NC(=NCC1C2Cc3ccccc3C12)NCCc1cccs1. The molecule has 4 rings (SSSR count). The molecule has 1 saturated carbocycles. The molecule has 0 bridgehead atoms. The lowest BCUT2D eigenvalue weighted by molar-refractivity contribution is 0.697. The van der Waals surface area contributed by atoms with Crippen LogP contribution in [0.3, 0.4) is 0 Å². The molecule has 3 nitrogen and oxygen atoms in total. The Morgan fingerprint density at radius 3 is 3.05 bits per heavy atom. The zero-order valence-electron chi connectivity index (χ0n) is 12.5. The molecule has 3 unspecified atom stereocenters. The highest BCUT2D eigenvalue weighted by molar-refractivity contribution is 7.09. The summed E-state index contributed by atoms with van der Waals surface area (Å²) in [6.07, 6.45) is 2.24. The third kappa shape index (κ3) is 2.63. The summed E-state index contributed by atoms with van der Waals surface area (Å²) in [6.45, 7) is 1.72. The number of nitrogens with zero attached hydrogens (tertiary/aromatic N) is 1. The molecule has 4 heteroatoms. The topological polar surface area (TPSA) is 50.4 Å². The van der Waals surface area contributed by atoms with Crippen LogP contribution in [0.2, 0.25) is 0 Å². The summed E-state index contributed by atoms with van der Waals surface area (Å²) >= 11 is 1.79. The van der Waals surface area contributed by atoms with Gasteiger partial charge in [0.25, 0.3) is 0 Å². The fourth-order valence-electron chi connectivity index (χ4n) is 3.76. The van der Waals surface area contributed by atoms with Crippen LogP contribution in [-0.2, 0) is 12.8 Å². The van der Waals surface area contributed by atoms with E-state index < -0.39 is 0 Å². The summed E-state index contributed by atoms with van der Waals surface area (Å²) in [6, 6.07) is 13.1. The summed E-state index contributed by atoms with van der Waals surface area (Å²) < 4.78 is 0. The van der Waals surface area contributed by atoms with E-state index in [1.54, 1.807) is 22.5 Å². The fourth-order valence-corrected chi connectivity index (χ4v) is 4.47. The highest BCUT2D eigenvalue weighted by atomic mass is 32.1. The minimum absolute atomic E-state index is 0.592. The van der Waals surface area contributed by atoms with Crippen molar-refractivity contribution in [1.82, 2.24) is 5.32 Å². The monoisotopic (exact) mass is 311 g/mol. The van der Waals surface area contributed by atoms with Crippen LogP contribution in [0.25, 0.3) is 0 Å². The second-order valence-corrected chi connectivity index (χ2v) is 7.27. The molecule has 1 heterocycles. The normalized spacial score (nSPS) is 25.6. The number of nitrogens with one attached hydrogen (secondary N) is 1. The Labute approximate surface area is 135 Å². The summed E-state index contributed by atoms with van der Waals surface area (Å²) in [7, 11) is 0. The molecule has 1 fully saturated rings. The molecule has 0 saturated heterocycles. The average molecular weight is 311 g/mol. The van der Waals surface area contributed by atoms with Crippen molar-refractivity contribution in [2.45, 2.75) is 18.8 Å². The van der Waals surface area contributed by atoms with Gasteiger partial charge in [-0.1, -0.05) is 30.3 Å². The van der Waals surface area contributed by atoms with Crippen molar-refractivity contribution in [3.8, 4) is 0 Å². The number of rotatable bonds is 5. The highest BCUT2D eigenvalue weighted by Crippen LogP contribution is 2.61. The van der Waals surface area contributed by atoms with Gasteiger partial charge >= 0.3 is 0 Å². The molecule has 3 atom stereocenters. The van der Waals surface area contributed by atoms with Gasteiger partial charge in [-0.05, 0) is 53.2 Å². The number of hydrogen-bond donors (Lipinski definition) is 2. The van der Waals surface area contributed by atoms with Gasteiger partial charge in [-0.2, -0.15) is 0 Å². The minimum atomic E-state index is 0.592. The molecule has 2 aliphatic carbocycles. The molecule has 3 N–H and O–H groups in total. The van der Waals surface area contributed by atoms with E-state index in [9.17, 15) is 0 Å². The van der Waals surface area contributed by atoms with Crippen LogP contribution in [0.1, 0.15) is 21.9 Å². The first-order valence-corrected chi connectivity index (χ1v) is 8.85. The Hall–Kier alpha value is -1.81. The lowest BCUT2D eigenvalue weighted by Crippen LogP contribution is -2.33. The van der Waals surface area contributed by atoms with Gasteiger partial charge in [0.2, 0.25) is 0 Å². The van der Waals surface area contributed by atoms with Gasteiger partial charge in [0, 0.05) is 18.0 Å². The third-order valence-electron chi connectivity index (χ3n) is 4.93. The van der Waals surface area contributed by atoms with E-state index in [2.05, 4.69) is 52.1 Å². The van der Waals surface area contributed by atoms with E-state index in [4.69, 9.17) is 5.73 Å². The van der Waals surface area contributed by atoms with Gasteiger partial charge in [-0.25, -0.2) is 0 Å². The Kier molecular flexibility index (Phi) is 3.62. The van der Waals surface area contributed by atoms with Crippen molar-refractivity contribution in [2.75, 3.05) is 13.1 Å². The van der Waals surface area contributed by atoms with E-state index in [1.165, 1.54) is 11.3 Å². The van der Waals surface area contributed by atoms with Crippen LogP contribution < -0.4 is 11.1 Å². The third-order valence-corrected chi connectivity index (χ3v) is 5.87. The van der Waals surface area contributed by atoms with Crippen LogP contribution in [0, 0.1) is 11.8 Å². The van der Waals surface area contributed by atoms with E-state index in [0.29, 0.717) is 11.9 Å². The number of fused-ring (bicyclic) bond motifs is 3. The van der Waals surface area contributed by atoms with Crippen molar-refractivity contribution in [1.29, 1.82) is 0 Å². The molecule has 2 aromatic rings. The maximum Gasteiger partial charge on any atom is 0.188 e. The summed E-state index contributed by atoms with van der Waals surface area (Å²) in [5, 5.41) is 5.33. The lowest BCUT2D eigenvalue weighted by Gasteiger charge is -2.07. The van der Waals surface area contributed by atoms with Gasteiger partial charge in [0.1, 0.15) is 0 Å². The maximum absolute atomic E-state index is 5.98. The Balaban J connectivity index is 1.25. The smallest absolute Gasteiger partial charge is 0.188 e. The molecule has 0 spiro atoms. The Bertz CT molecular complexity index is 677. The first-order valence-electron chi connectivity index (χ1n) is 7.97. The van der Waals surface area contributed by atoms with Gasteiger partial charge in [-0.15, -0.1) is 11.3 Å². The number of guanidine groups is 1. The molecule has 22 heavy (non-hydrogen) atoms. The number of aliphatic imine (C=N–C) groups is 1. The summed E-state index contributed by atoms with van der Waals surface area (Å²) in [5.74, 6) is 2.83. The van der Waals surface area contributed by atoms with Crippen LogP contribution in [0.5, 0.6) is 0 Å². The lowest BCUT2D eigenvalue weighted by atomic mass is 10.0. The molecular weight excluding hydrogens is 290 g/mol. The molecule has 0 radical (unpaired) electrons. The molecule has 114 valence electrons. The largest absolute Gasteiger partial charge is 0.370 e. The van der Waals surface area contributed by atoms with Crippen molar-refractivity contribution < 1.29 is 0 Å². The predicted octanol–water partition coefficient (Wildman–Crippen LogP) is 2.78. The highest BCUT2D eigenvalue weighted by Gasteiger charge is 2.54. The molecule has 0 amide bonds. The molecule has 2 aliphatic rings. The van der Waals surface area contributed by atoms with Crippen LogP contribution in [-0.4, -0.2) is 19.0 Å². The summed E-state index contributed by atoms with van der Waals surface area (Å²) in [4.78, 5) is 5.93. The van der Waals surface area contributed by atoms with E-state index >= 15 is 0 Å². The standard InChI is InChI=1S/C18H21N3S/c19-18(20-8-7-13-5-3-9-22-13)21-11-16-15-10-12-4-1-2-6-14(12)17(15)16/h1-6,9,15-17H,7-8,10-11H2,(H3,19,20,21). The van der Waals surface area contributed by atoms with Crippen molar-refractivity contribution in [3.05, 3.63) is 57.8 Å². The first-order chi connectivity index (χ1) is 10.8. The summed E-state index contributed by atoms with van der Waals surface area (Å²) in [5.41, 5.74) is 9.07. The van der Waals surface area contributed by atoms with Crippen molar-refractivity contribution in [3.63, 3.8) is 0 Å². The van der Waals surface area contributed by atoms with Crippen molar-refractivity contribution in [2.24, 2.45) is 22.6 Å². The second kappa shape index (κ2) is 5.76. The van der Waals surface area contributed by atoms with Crippen molar-refractivity contribution >= 4 is 17.3 Å². The Morgan fingerprint density at radius 1 is 1.27 bits per heavy atom. The van der Waals surface area contributed by atoms with Gasteiger partial charge in [-0.3, -0.25) is 4.99 Å². The molecule has 1 aromatic heterocycles. The molecular formula is C18H21N3S. The second-order valence-electron chi connectivity index (χ2n) is 6.24. The molecule has 1 aromatic carbocycles. The van der Waals surface area contributed by atoms with E-state index in [0.717, 1.165) is 31.3 Å². The predicted molar refractivity (Wildman–Crippen MR) is 92.4 cm³/mol. The van der Waals surface area contributed by atoms with E-state index in [1.807, 2.05) is 0 Å². The number of hydrogen-bond acceptors (Lipinski definition) is 2. The van der Waals surface area contributed by atoms with Crippen LogP contribution in [0.15, 0.2) is 46.8 Å². The minimum Gasteiger partial charge on any atom is -0.370 e. The maximum atomic E-state index is 5.98. The van der Waals surface area contributed by atoms with Gasteiger partial charge in [0.15, 0.2) is 5.96 Å². The zero-order valence-corrected chi connectivity index (χ0v) is 13.4. The number of nitrogens with two attached hydrogens (primary N) is 1. The zero-order chi connectivity index (χ0) is 14.9. The number of thiophene rings is 1. The quantitative estimate of drug-likeness (QED) is 0.659. The van der Waals surface area contributed by atoms with Crippen LogP contribution >= 0.6 is 11.3 Å². The van der Waals surface area contributed by atoms with Gasteiger partial charge < -0.3 is 11.1 Å². The molecule has 0 aliphatic heterocycles.